The molecule has 10 nitrogen and oxygen atoms in total. The second kappa shape index (κ2) is 7.14. The molecule has 6 N–H and O–H groups in total. The Morgan fingerprint density at radius 2 is 2.05 bits per heavy atom. The van der Waals surface area contributed by atoms with Crippen LogP contribution in [0, 0.1) is 0 Å². The van der Waals surface area contributed by atoms with E-state index in [1.54, 1.807) is 0 Å². The van der Waals surface area contributed by atoms with Crippen LogP contribution >= 0.6 is 0 Å². The largest absolute Gasteiger partial charge is 0.475 e. The van der Waals surface area contributed by atoms with E-state index in [1.165, 1.54) is 0 Å². The molecule has 0 unspecified atom stereocenters. The third-order valence-electron chi connectivity index (χ3n) is 2.56. The van der Waals surface area contributed by atoms with Crippen molar-refractivity contribution in [3.05, 3.63) is 22.1 Å². The molecule has 0 fully saturated rings. The summed E-state index contributed by atoms with van der Waals surface area (Å²) in [6.45, 7) is -0.557. The predicted molar refractivity (Wildman–Crippen MR) is 71.3 cm³/mol. The molecule has 0 saturated carbocycles. The summed E-state index contributed by atoms with van der Waals surface area (Å²) < 4.78 is 0. The number of carboxylic acid groups (broad SMARTS) is 1. The number of aromatic amines is 1. The molecule has 0 aliphatic heterocycles. The van der Waals surface area contributed by atoms with Gasteiger partial charge in [0.15, 0.2) is 5.95 Å². The van der Waals surface area contributed by atoms with Crippen molar-refractivity contribution in [2.24, 2.45) is 5.73 Å². The van der Waals surface area contributed by atoms with Crippen LogP contribution in [0.1, 0.15) is 5.56 Å². The molecule has 1 aromatic rings. The van der Waals surface area contributed by atoms with E-state index in [0.29, 0.717) is 0 Å². The Bertz CT molecular complexity index is 611. The number of ketones is 1. The molecule has 0 aliphatic rings. The number of rotatable bonds is 7. The van der Waals surface area contributed by atoms with Crippen molar-refractivity contribution < 1.29 is 19.5 Å². The zero-order chi connectivity index (χ0) is 16.0. The number of hydrogen-bond donors (Lipinski definition) is 4. The number of H-pyrrole nitrogens is 1. The normalized spacial score (nSPS) is 10.1. The van der Waals surface area contributed by atoms with Crippen molar-refractivity contribution in [3.8, 4) is 0 Å². The van der Waals surface area contributed by atoms with Gasteiger partial charge in [-0.1, -0.05) is 0 Å². The van der Waals surface area contributed by atoms with Gasteiger partial charge >= 0.3 is 5.97 Å². The van der Waals surface area contributed by atoms with Gasteiger partial charge in [0.2, 0.25) is 5.91 Å². The molecule has 0 saturated heterocycles. The van der Waals surface area contributed by atoms with Crippen LogP contribution in [-0.4, -0.2) is 57.3 Å². The van der Waals surface area contributed by atoms with Gasteiger partial charge in [0.25, 0.3) is 11.3 Å². The molecule has 0 atom stereocenters. The molecule has 21 heavy (non-hydrogen) atoms. The maximum absolute atomic E-state index is 12.0. The minimum atomic E-state index is -1.64. The zero-order valence-electron chi connectivity index (χ0n) is 11.0. The summed E-state index contributed by atoms with van der Waals surface area (Å²) >= 11 is 0. The number of nitrogens with two attached hydrogens (primary N) is 2. The number of carbonyl (C=O) groups is 3. The first-order chi connectivity index (χ1) is 9.85. The molecule has 0 aliphatic carbocycles. The third-order valence-corrected chi connectivity index (χ3v) is 2.56. The first kappa shape index (κ1) is 16.3. The lowest BCUT2D eigenvalue weighted by Crippen LogP contribution is -2.42. The van der Waals surface area contributed by atoms with Crippen LogP contribution < -0.4 is 17.0 Å². The molecule has 0 aromatic carbocycles. The van der Waals surface area contributed by atoms with Gasteiger partial charge < -0.3 is 21.5 Å². The topological polar surface area (TPSA) is 172 Å². The van der Waals surface area contributed by atoms with Crippen LogP contribution in [0.2, 0.25) is 0 Å². The van der Waals surface area contributed by atoms with E-state index >= 15 is 0 Å². The second-order valence-electron chi connectivity index (χ2n) is 4.13. The number of nitrogens with zero attached hydrogens (tertiary/aromatic N) is 2. The van der Waals surface area contributed by atoms with E-state index in [1.807, 2.05) is 0 Å². The highest BCUT2D eigenvalue weighted by molar-refractivity contribution is 6.33. The Hall–Kier alpha value is -2.75. The summed E-state index contributed by atoms with van der Waals surface area (Å²) in [5.41, 5.74) is 10.1. The van der Waals surface area contributed by atoms with Crippen LogP contribution in [0.25, 0.3) is 0 Å². The van der Waals surface area contributed by atoms with Gasteiger partial charge in [-0.15, -0.1) is 0 Å². The lowest BCUT2D eigenvalue weighted by Gasteiger charge is -2.20. The van der Waals surface area contributed by atoms with Crippen molar-refractivity contribution in [1.29, 1.82) is 0 Å². The smallest absolute Gasteiger partial charge is 0.374 e. The van der Waals surface area contributed by atoms with Crippen LogP contribution in [0.15, 0.2) is 11.0 Å². The van der Waals surface area contributed by atoms with E-state index in [9.17, 15) is 19.2 Å². The second-order valence-corrected chi connectivity index (χ2v) is 4.13. The van der Waals surface area contributed by atoms with Crippen molar-refractivity contribution in [2.45, 2.75) is 6.42 Å². The lowest BCUT2D eigenvalue weighted by molar-refractivity contribution is -0.150. The zero-order valence-corrected chi connectivity index (χ0v) is 11.0. The molecule has 1 aromatic heterocycles. The number of hydrogen-bond acceptors (Lipinski definition) is 7. The fourth-order valence-electron chi connectivity index (χ4n) is 1.52. The Balaban J connectivity index is 2.83. The molecule has 1 amide bonds. The van der Waals surface area contributed by atoms with E-state index in [-0.39, 0.29) is 31.0 Å². The van der Waals surface area contributed by atoms with Crippen molar-refractivity contribution >= 4 is 23.6 Å². The van der Waals surface area contributed by atoms with Gasteiger partial charge in [-0.25, -0.2) is 9.78 Å². The summed E-state index contributed by atoms with van der Waals surface area (Å²) in [6.07, 6.45) is 0.807. The molecule has 1 rings (SSSR count). The van der Waals surface area contributed by atoms with Gasteiger partial charge in [0.05, 0.1) is 13.0 Å². The van der Waals surface area contributed by atoms with Gasteiger partial charge in [-0.05, 0) is 0 Å². The van der Waals surface area contributed by atoms with Crippen molar-refractivity contribution in [2.75, 3.05) is 25.4 Å². The van der Waals surface area contributed by atoms with Gasteiger partial charge in [-0.3, -0.25) is 19.4 Å². The molecule has 0 bridgehead atoms. The average Bonchev–Trinajstić information content (AvgIpc) is 2.41. The number of Topliss-reactive ketones (excluding diaryl/α,β-unsaturated/α-hetero) is 1. The summed E-state index contributed by atoms with van der Waals surface area (Å²) in [5.74, 6) is -3.47. The average molecular weight is 297 g/mol. The lowest BCUT2D eigenvalue weighted by atomic mass is 10.2. The first-order valence-corrected chi connectivity index (χ1v) is 5.92. The van der Waals surface area contributed by atoms with Gasteiger partial charge in [0.1, 0.15) is 0 Å². The minimum absolute atomic E-state index is 0.00183. The SMILES string of the molecule is NCCN(CC(=O)C(=O)O)C(=O)Cc1cnc(N)[nH]c1=O. The monoisotopic (exact) mass is 297 g/mol. The van der Waals surface area contributed by atoms with Crippen LogP contribution in [-0.2, 0) is 20.8 Å². The summed E-state index contributed by atoms with van der Waals surface area (Å²) in [7, 11) is 0. The van der Waals surface area contributed by atoms with Crippen LogP contribution in [0.5, 0.6) is 0 Å². The molecular formula is C11H15N5O5. The summed E-state index contributed by atoms with van der Waals surface area (Å²) in [5, 5.41) is 8.55. The van der Waals surface area contributed by atoms with Crippen molar-refractivity contribution in [3.63, 3.8) is 0 Å². The fraction of sp³-hybridized carbons (Fsp3) is 0.364. The summed E-state index contributed by atoms with van der Waals surface area (Å²) in [4.78, 5) is 52.1. The Morgan fingerprint density at radius 3 is 2.57 bits per heavy atom. The molecule has 0 spiro atoms. The third kappa shape index (κ3) is 4.69. The van der Waals surface area contributed by atoms with Crippen molar-refractivity contribution in [1.82, 2.24) is 14.9 Å². The Labute approximate surface area is 118 Å². The van der Waals surface area contributed by atoms with E-state index in [0.717, 1.165) is 11.1 Å². The van der Waals surface area contributed by atoms with Crippen LogP contribution in [0.4, 0.5) is 5.95 Å². The van der Waals surface area contributed by atoms with Crippen LogP contribution in [0.3, 0.4) is 0 Å². The molecule has 0 radical (unpaired) electrons. The number of nitrogen functional groups attached to an aromatic ring is 1. The number of aliphatic carboxylic acids is 1. The fourth-order valence-corrected chi connectivity index (χ4v) is 1.52. The maximum Gasteiger partial charge on any atom is 0.374 e. The number of aromatic nitrogens is 2. The number of carbonyl (C=O) groups excluding carboxylic acids is 2. The van der Waals surface area contributed by atoms with Gasteiger partial charge in [-0.2, -0.15) is 0 Å². The first-order valence-electron chi connectivity index (χ1n) is 5.92. The number of amides is 1. The Kier molecular flexibility index (Phi) is 5.55. The number of anilines is 1. The van der Waals surface area contributed by atoms with E-state index in [2.05, 4.69) is 9.97 Å². The molecule has 10 heteroatoms. The quantitative estimate of drug-likeness (QED) is 0.394. The highest BCUT2D eigenvalue weighted by atomic mass is 16.4. The Morgan fingerprint density at radius 1 is 1.38 bits per heavy atom. The standard InChI is InChI=1S/C11H15N5O5/c12-1-2-16(5-7(17)10(20)21)8(18)3-6-4-14-11(13)15-9(6)19/h4H,1-3,5,12H2,(H,20,21)(H3,13,14,15,19). The van der Waals surface area contributed by atoms with E-state index < -0.39 is 29.8 Å². The highest BCUT2D eigenvalue weighted by Gasteiger charge is 2.21. The molecule has 1 heterocycles. The highest BCUT2D eigenvalue weighted by Crippen LogP contribution is 1.99. The molecular weight excluding hydrogens is 282 g/mol. The summed E-state index contributed by atoms with van der Waals surface area (Å²) in [6, 6.07) is 0. The number of nitrogens with one attached hydrogen (secondary N) is 1. The van der Waals surface area contributed by atoms with Gasteiger partial charge in [0, 0.05) is 24.8 Å². The predicted octanol–water partition coefficient (Wildman–Crippen LogP) is -2.66. The van der Waals surface area contributed by atoms with E-state index in [4.69, 9.17) is 16.6 Å². The minimum Gasteiger partial charge on any atom is -0.475 e. The molecule has 114 valence electrons. The number of carboxylic acids is 1. The maximum atomic E-state index is 12.0.